The summed E-state index contributed by atoms with van der Waals surface area (Å²) in [6.07, 6.45) is -4.88. The number of aliphatic hydroxyl groups is 6. The van der Waals surface area contributed by atoms with Gasteiger partial charge in [-0.1, -0.05) is 26.0 Å². The minimum absolute atomic E-state index is 0.331. The van der Waals surface area contributed by atoms with Gasteiger partial charge in [0, 0.05) is 0 Å². The van der Waals surface area contributed by atoms with Crippen LogP contribution in [0.2, 0.25) is 0 Å². The summed E-state index contributed by atoms with van der Waals surface area (Å²) in [7, 11) is 0. The van der Waals surface area contributed by atoms with E-state index in [2.05, 4.69) is 0 Å². The van der Waals surface area contributed by atoms with E-state index in [1.54, 1.807) is 19.9 Å². The highest BCUT2D eigenvalue weighted by Gasteiger charge is 2.44. The van der Waals surface area contributed by atoms with E-state index in [1.807, 2.05) is 19.9 Å². The van der Waals surface area contributed by atoms with Crippen molar-refractivity contribution in [3.63, 3.8) is 0 Å². The Balaban J connectivity index is 2.09. The molecule has 8 atom stereocenters. The first-order valence-electron chi connectivity index (χ1n) is 9.21. The molecule has 0 radical (unpaired) electrons. The van der Waals surface area contributed by atoms with Gasteiger partial charge >= 0.3 is 0 Å². The predicted molar refractivity (Wildman–Crippen MR) is 96.6 cm³/mol. The van der Waals surface area contributed by atoms with E-state index < -0.39 is 55.6 Å². The first kappa shape index (κ1) is 22.4. The van der Waals surface area contributed by atoms with Crippen LogP contribution in [-0.4, -0.2) is 86.3 Å². The molecule has 1 saturated heterocycles. The van der Waals surface area contributed by atoms with Crippen LogP contribution >= 0.6 is 0 Å². The van der Waals surface area contributed by atoms with Crippen LogP contribution in [0.15, 0.2) is 23.3 Å². The van der Waals surface area contributed by atoms with Crippen LogP contribution in [-0.2, 0) is 9.47 Å². The van der Waals surface area contributed by atoms with Gasteiger partial charge in [0.2, 0.25) is 0 Å². The third-order valence-electron chi connectivity index (χ3n) is 5.41. The summed E-state index contributed by atoms with van der Waals surface area (Å²) in [5.74, 6) is 0. The van der Waals surface area contributed by atoms with Gasteiger partial charge in [0.15, 0.2) is 6.29 Å². The van der Waals surface area contributed by atoms with Crippen molar-refractivity contribution in [2.45, 2.75) is 83.1 Å². The largest absolute Gasteiger partial charge is 0.394 e. The maximum Gasteiger partial charge on any atom is 0.187 e. The van der Waals surface area contributed by atoms with E-state index in [4.69, 9.17) is 9.47 Å². The Morgan fingerprint density at radius 2 is 1.78 bits per heavy atom. The first-order chi connectivity index (χ1) is 12.5. The summed E-state index contributed by atoms with van der Waals surface area (Å²) in [5, 5.41) is 59.0. The van der Waals surface area contributed by atoms with Crippen LogP contribution in [0.3, 0.4) is 0 Å². The van der Waals surface area contributed by atoms with E-state index >= 15 is 0 Å². The topological polar surface area (TPSA) is 140 Å². The van der Waals surface area contributed by atoms with Crippen LogP contribution in [0.1, 0.15) is 34.1 Å². The molecule has 1 aliphatic carbocycles. The molecule has 0 bridgehead atoms. The average molecular weight is 388 g/mol. The van der Waals surface area contributed by atoms with Crippen molar-refractivity contribution in [1.82, 2.24) is 0 Å². The molecule has 2 rings (SSSR count). The van der Waals surface area contributed by atoms with E-state index in [0.29, 0.717) is 12.0 Å². The zero-order valence-electron chi connectivity index (χ0n) is 16.2. The van der Waals surface area contributed by atoms with Crippen molar-refractivity contribution in [3.05, 3.63) is 23.3 Å². The lowest BCUT2D eigenvalue weighted by atomic mass is 9.70. The maximum absolute atomic E-state index is 10.1. The monoisotopic (exact) mass is 388 g/mol. The summed E-state index contributed by atoms with van der Waals surface area (Å²) in [4.78, 5) is 0. The Kier molecular flexibility index (Phi) is 7.21. The highest BCUT2D eigenvalue weighted by atomic mass is 16.7. The van der Waals surface area contributed by atoms with Crippen molar-refractivity contribution in [2.75, 3.05) is 6.61 Å². The molecule has 2 aliphatic rings. The van der Waals surface area contributed by atoms with Gasteiger partial charge in [0.1, 0.15) is 30.5 Å². The second-order valence-electron chi connectivity index (χ2n) is 8.09. The molecule has 8 nitrogen and oxygen atoms in total. The fraction of sp³-hybridized carbons (Fsp3) is 0.789. The second-order valence-corrected chi connectivity index (χ2v) is 8.09. The second kappa shape index (κ2) is 8.67. The smallest absolute Gasteiger partial charge is 0.187 e. The van der Waals surface area contributed by atoms with Crippen LogP contribution in [0, 0.1) is 5.41 Å². The molecule has 0 amide bonds. The normalized spacial score (nSPS) is 41.2. The molecule has 8 heteroatoms. The third kappa shape index (κ3) is 4.78. The Morgan fingerprint density at radius 1 is 1.15 bits per heavy atom. The van der Waals surface area contributed by atoms with Gasteiger partial charge in [-0.15, -0.1) is 0 Å². The zero-order valence-corrected chi connectivity index (χ0v) is 16.2. The van der Waals surface area contributed by atoms with Crippen LogP contribution in [0.4, 0.5) is 0 Å². The highest BCUT2D eigenvalue weighted by Crippen LogP contribution is 2.41. The fourth-order valence-electron chi connectivity index (χ4n) is 3.75. The molecular formula is C19H32O8. The molecule has 1 aliphatic heterocycles. The Morgan fingerprint density at radius 3 is 2.37 bits per heavy atom. The molecule has 156 valence electrons. The average Bonchev–Trinajstić information content (AvgIpc) is 2.59. The van der Waals surface area contributed by atoms with Crippen molar-refractivity contribution in [3.8, 4) is 0 Å². The van der Waals surface area contributed by atoms with Crippen molar-refractivity contribution in [2.24, 2.45) is 5.41 Å². The minimum Gasteiger partial charge on any atom is -0.394 e. The molecule has 0 aromatic rings. The Labute approximate surface area is 159 Å². The standard InChI is InChI=1S/C19H32O8/c1-9(26-18-17(25)16(24)15(23)13(8-20)27-18)5-6-11-10(2)14(22)12(21)7-19(11,3)4/h5-6,9,12-18,20-25H,7-8H2,1-4H3/b6-5+. The maximum atomic E-state index is 10.1. The lowest BCUT2D eigenvalue weighted by molar-refractivity contribution is -0.306. The molecule has 8 unspecified atom stereocenters. The first-order valence-corrected chi connectivity index (χ1v) is 9.21. The van der Waals surface area contributed by atoms with Crippen LogP contribution < -0.4 is 0 Å². The lowest BCUT2D eigenvalue weighted by Gasteiger charge is -2.40. The molecule has 6 N–H and O–H groups in total. The van der Waals surface area contributed by atoms with Crippen molar-refractivity contribution < 1.29 is 40.1 Å². The number of allylic oxidation sites excluding steroid dienone is 2. The van der Waals surface area contributed by atoms with Gasteiger partial charge in [-0.3, -0.25) is 0 Å². The minimum atomic E-state index is -1.49. The molecule has 0 aromatic carbocycles. The van der Waals surface area contributed by atoms with Crippen LogP contribution in [0.25, 0.3) is 0 Å². The lowest BCUT2D eigenvalue weighted by Crippen LogP contribution is -2.59. The highest BCUT2D eigenvalue weighted by molar-refractivity contribution is 5.36. The number of hydrogen-bond donors (Lipinski definition) is 6. The summed E-state index contributed by atoms with van der Waals surface area (Å²) in [5.41, 5.74) is 1.25. The Bertz CT molecular complexity index is 570. The van der Waals surface area contributed by atoms with Crippen LogP contribution in [0.5, 0.6) is 0 Å². The molecule has 0 spiro atoms. The number of aliphatic hydroxyl groups excluding tert-OH is 6. The van der Waals surface area contributed by atoms with Gasteiger partial charge in [0.05, 0.1) is 18.8 Å². The van der Waals surface area contributed by atoms with Gasteiger partial charge in [-0.2, -0.15) is 0 Å². The fourth-order valence-corrected chi connectivity index (χ4v) is 3.75. The summed E-state index contributed by atoms with van der Waals surface area (Å²) >= 11 is 0. The number of rotatable bonds is 5. The third-order valence-corrected chi connectivity index (χ3v) is 5.41. The van der Waals surface area contributed by atoms with Gasteiger partial charge < -0.3 is 40.1 Å². The molecule has 27 heavy (non-hydrogen) atoms. The SMILES string of the molecule is CC1=C(/C=C/C(C)OC2OC(CO)C(O)C(O)C2O)C(C)(C)CC(O)C1O. The van der Waals surface area contributed by atoms with E-state index in [9.17, 15) is 30.6 Å². The summed E-state index contributed by atoms with van der Waals surface area (Å²) in [6, 6.07) is 0. The van der Waals surface area contributed by atoms with Gasteiger partial charge in [-0.25, -0.2) is 0 Å². The molecule has 0 saturated carbocycles. The summed E-state index contributed by atoms with van der Waals surface area (Å²) < 4.78 is 11.0. The number of ether oxygens (including phenoxy) is 2. The molecule has 1 fully saturated rings. The van der Waals surface area contributed by atoms with Crippen molar-refractivity contribution in [1.29, 1.82) is 0 Å². The molecule has 1 heterocycles. The van der Waals surface area contributed by atoms with E-state index in [-0.39, 0.29) is 5.41 Å². The number of hydrogen-bond acceptors (Lipinski definition) is 8. The molecular weight excluding hydrogens is 356 g/mol. The predicted octanol–water partition coefficient (Wildman–Crippen LogP) is -0.784. The summed E-state index contributed by atoms with van der Waals surface area (Å²) in [6.45, 7) is 6.94. The molecule has 0 aromatic heterocycles. The van der Waals surface area contributed by atoms with E-state index in [1.165, 1.54) is 0 Å². The van der Waals surface area contributed by atoms with E-state index in [0.717, 1.165) is 5.57 Å². The van der Waals surface area contributed by atoms with Gasteiger partial charge in [-0.05, 0) is 36.8 Å². The van der Waals surface area contributed by atoms with Gasteiger partial charge in [0.25, 0.3) is 0 Å². The Hall–Kier alpha value is -0.840. The zero-order chi connectivity index (χ0) is 20.5. The van der Waals surface area contributed by atoms with Crippen molar-refractivity contribution >= 4 is 0 Å². The quantitative estimate of drug-likeness (QED) is 0.360.